The van der Waals surface area contributed by atoms with Crippen LogP contribution in [-0.4, -0.2) is 24.5 Å². The van der Waals surface area contributed by atoms with Crippen molar-refractivity contribution in [3.63, 3.8) is 0 Å². The number of rotatable bonds is 6. The Kier molecular flexibility index (Phi) is 6.80. The van der Waals surface area contributed by atoms with Gasteiger partial charge in [-0.05, 0) is 13.3 Å². The predicted molar refractivity (Wildman–Crippen MR) is 53.8 cm³/mol. The number of nitrogens with one attached hydrogen (secondary N) is 1. The SMILES string of the molecule is CCCCOC(=O)C[C@H](C)NC(C)=O. The normalized spacial score (nSPS) is 11.9. The molecular formula is C10H19NO3. The minimum absolute atomic E-state index is 0.126. The van der Waals surface area contributed by atoms with Gasteiger partial charge in [0.25, 0.3) is 0 Å². The molecule has 0 aromatic carbocycles. The maximum atomic E-state index is 11.1. The van der Waals surface area contributed by atoms with E-state index in [1.165, 1.54) is 6.92 Å². The molecule has 0 saturated carbocycles. The van der Waals surface area contributed by atoms with Gasteiger partial charge in [-0.25, -0.2) is 0 Å². The van der Waals surface area contributed by atoms with Crippen LogP contribution in [0.2, 0.25) is 0 Å². The molecule has 0 bridgehead atoms. The number of esters is 1. The van der Waals surface area contributed by atoms with E-state index in [-0.39, 0.29) is 24.3 Å². The van der Waals surface area contributed by atoms with Crippen LogP contribution in [0.3, 0.4) is 0 Å². The molecule has 0 fully saturated rings. The highest BCUT2D eigenvalue weighted by molar-refractivity contribution is 5.75. The van der Waals surface area contributed by atoms with Crippen molar-refractivity contribution in [1.29, 1.82) is 0 Å². The zero-order chi connectivity index (χ0) is 11.0. The van der Waals surface area contributed by atoms with Crippen LogP contribution in [0.1, 0.15) is 40.0 Å². The maximum absolute atomic E-state index is 11.1. The first-order chi connectivity index (χ1) is 6.56. The first-order valence-corrected chi connectivity index (χ1v) is 4.99. The van der Waals surface area contributed by atoms with Crippen LogP contribution in [0.25, 0.3) is 0 Å². The van der Waals surface area contributed by atoms with E-state index in [2.05, 4.69) is 5.32 Å². The van der Waals surface area contributed by atoms with Crippen LogP contribution in [0.5, 0.6) is 0 Å². The summed E-state index contributed by atoms with van der Waals surface area (Å²) < 4.78 is 4.94. The second-order valence-electron chi connectivity index (χ2n) is 3.38. The average Bonchev–Trinajstić information content (AvgIpc) is 2.02. The van der Waals surface area contributed by atoms with E-state index >= 15 is 0 Å². The van der Waals surface area contributed by atoms with Gasteiger partial charge < -0.3 is 10.1 Å². The largest absolute Gasteiger partial charge is 0.466 e. The third kappa shape index (κ3) is 7.58. The molecule has 0 aliphatic carbocycles. The molecule has 0 aromatic rings. The second-order valence-corrected chi connectivity index (χ2v) is 3.38. The fraction of sp³-hybridized carbons (Fsp3) is 0.800. The van der Waals surface area contributed by atoms with Crippen LogP contribution >= 0.6 is 0 Å². The van der Waals surface area contributed by atoms with Crippen molar-refractivity contribution in [1.82, 2.24) is 5.32 Å². The lowest BCUT2D eigenvalue weighted by atomic mass is 10.2. The van der Waals surface area contributed by atoms with Gasteiger partial charge in [0.05, 0.1) is 13.0 Å². The molecule has 0 aliphatic heterocycles. The van der Waals surface area contributed by atoms with Crippen molar-refractivity contribution < 1.29 is 14.3 Å². The molecule has 82 valence electrons. The molecule has 0 radical (unpaired) electrons. The van der Waals surface area contributed by atoms with E-state index in [1.54, 1.807) is 6.92 Å². The van der Waals surface area contributed by atoms with Crippen LogP contribution in [0.4, 0.5) is 0 Å². The lowest BCUT2D eigenvalue weighted by molar-refractivity contribution is -0.144. The fourth-order valence-electron chi connectivity index (χ4n) is 1.04. The quantitative estimate of drug-likeness (QED) is 0.519. The van der Waals surface area contributed by atoms with Crippen molar-refractivity contribution in [3.05, 3.63) is 0 Å². The van der Waals surface area contributed by atoms with Gasteiger partial charge in [-0.15, -0.1) is 0 Å². The topological polar surface area (TPSA) is 55.4 Å². The summed E-state index contributed by atoms with van der Waals surface area (Å²) in [6.45, 7) is 5.72. The van der Waals surface area contributed by atoms with Gasteiger partial charge in [-0.2, -0.15) is 0 Å². The molecular weight excluding hydrogens is 182 g/mol. The number of amides is 1. The molecule has 0 aliphatic rings. The van der Waals surface area contributed by atoms with Gasteiger partial charge in [0.2, 0.25) is 5.91 Å². The molecule has 1 amide bonds. The maximum Gasteiger partial charge on any atom is 0.307 e. The highest BCUT2D eigenvalue weighted by Crippen LogP contribution is 1.96. The number of carbonyl (C=O) groups excluding carboxylic acids is 2. The first-order valence-electron chi connectivity index (χ1n) is 4.99. The van der Waals surface area contributed by atoms with Crippen molar-refractivity contribution in [2.75, 3.05) is 6.61 Å². The van der Waals surface area contributed by atoms with Gasteiger partial charge >= 0.3 is 5.97 Å². The Morgan fingerprint density at radius 2 is 2.07 bits per heavy atom. The van der Waals surface area contributed by atoms with Crippen molar-refractivity contribution in [2.45, 2.75) is 46.1 Å². The summed E-state index contributed by atoms with van der Waals surface area (Å²) in [5.41, 5.74) is 0. The molecule has 1 N–H and O–H groups in total. The Balaban J connectivity index is 3.55. The average molecular weight is 201 g/mol. The summed E-state index contributed by atoms with van der Waals surface area (Å²) in [7, 11) is 0. The Bertz CT molecular complexity index is 192. The lowest BCUT2D eigenvalue weighted by Gasteiger charge is -2.11. The smallest absolute Gasteiger partial charge is 0.307 e. The fourth-order valence-corrected chi connectivity index (χ4v) is 1.04. The summed E-state index contributed by atoms with van der Waals surface area (Å²) in [5, 5.41) is 2.62. The van der Waals surface area contributed by atoms with Crippen molar-refractivity contribution in [2.24, 2.45) is 0 Å². The number of hydrogen-bond donors (Lipinski definition) is 1. The number of ether oxygens (including phenoxy) is 1. The Morgan fingerprint density at radius 1 is 1.43 bits per heavy atom. The Morgan fingerprint density at radius 3 is 2.57 bits per heavy atom. The molecule has 0 unspecified atom stereocenters. The predicted octanol–water partition coefficient (Wildman–Crippen LogP) is 1.24. The third-order valence-electron chi connectivity index (χ3n) is 1.68. The zero-order valence-electron chi connectivity index (χ0n) is 9.13. The standard InChI is InChI=1S/C10H19NO3/c1-4-5-6-14-10(13)7-8(2)11-9(3)12/h8H,4-7H2,1-3H3,(H,11,12)/t8-/m0/s1. The van der Waals surface area contributed by atoms with Crippen LogP contribution in [0.15, 0.2) is 0 Å². The summed E-state index contributed by atoms with van der Waals surface area (Å²) in [5.74, 6) is -0.376. The summed E-state index contributed by atoms with van der Waals surface area (Å²) in [4.78, 5) is 21.8. The minimum atomic E-state index is -0.250. The molecule has 0 saturated heterocycles. The summed E-state index contributed by atoms with van der Waals surface area (Å²) >= 11 is 0. The van der Waals surface area contributed by atoms with Gasteiger partial charge in [0, 0.05) is 13.0 Å². The molecule has 0 spiro atoms. The number of unbranched alkanes of at least 4 members (excludes halogenated alkanes) is 1. The molecule has 14 heavy (non-hydrogen) atoms. The highest BCUT2D eigenvalue weighted by Gasteiger charge is 2.10. The van der Waals surface area contributed by atoms with E-state index in [0.29, 0.717) is 6.61 Å². The van der Waals surface area contributed by atoms with E-state index in [0.717, 1.165) is 12.8 Å². The van der Waals surface area contributed by atoms with E-state index in [1.807, 2.05) is 6.92 Å². The monoisotopic (exact) mass is 201 g/mol. The highest BCUT2D eigenvalue weighted by atomic mass is 16.5. The van der Waals surface area contributed by atoms with Crippen LogP contribution < -0.4 is 5.32 Å². The number of carbonyl (C=O) groups is 2. The van der Waals surface area contributed by atoms with Crippen LogP contribution in [-0.2, 0) is 14.3 Å². The van der Waals surface area contributed by atoms with Crippen molar-refractivity contribution >= 4 is 11.9 Å². The van der Waals surface area contributed by atoms with Gasteiger partial charge in [-0.1, -0.05) is 13.3 Å². The molecule has 0 heterocycles. The molecule has 1 atom stereocenters. The summed E-state index contributed by atoms with van der Waals surface area (Å²) in [6.07, 6.45) is 2.14. The van der Waals surface area contributed by atoms with E-state index in [4.69, 9.17) is 4.74 Å². The van der Waals surface area contributed by atoms with Crippen LogP contribution in [0, 0.1) is 0 Å². The molecule has 0 aromatic heterocycles. The summed E-state index contributed by atoms with van der Waals surface area (Å²) in [6, 6.07) is -0.151. The lowest BCUT2D eigenvalue weighted by Crippen LogP contribution is -2.32. The molecule has 4 nitrogen and oxygen atoms in total. The number of hydrogen-bond acceptors (Lipinski definition) is 3. The minimum Gasteiger partial charge on any atom is -0.466 e. The zero-order valence-corrected chi connectivity index (χ0v) is 9.13. The second kappa shape index (κ2) is 7.35. The van der Waals surface area contributed by atoms with E-state index in [9.17, 15) is 9.59 Å². The van der Waals surface area contributed by atoms with E-state index < -0.39 is 0 Å². The molecule has 0 rings (SSSR count). The first kappa shape index (κ1) is 12.9. The van der Waals surface area contributed by atoms with Gasteiger partial charge in [0.15, 0.2) is 0 Å². The third-order valence-corrected chi connectivity index (χ3v) is 1.68. The van der Waals surface area contributed by atoms with Gasteiger partial charge in [-0.3, -0.25) is 9.59 Å². The Hall–Kier alpha value is -1.06. The molecule has 4 heteroatoms. The van der Waals surface area contributed by atoms with Crippen molar-refractivity contribution in [3.8, 4) is 0 Å². The van der Waals surface area contributed by atoms with Gasteiger partial charge in [0.1, 0.15) is 0 Å². The Labute approximate surface area is 85.0 Å².